The molecule has 0 aromatic heterocycles. The van der Waals surface area contributed by atoms with Crippen LogP contribution in [0.25, 0.3) is 0 Å². The van der Waals surface area contributed by atoms with Gasteiger partial charge in [-0.15, -0.1) is 0 Å². The summed E-state index contributed by atoms with van der Waals surface area (Å²) in [6, 6.07) is 9.75. The minimum Gasteiger partial charge on any atom is -0.481 e. The highest BCUT2D eigenvalue weighted by molar-refractivity contribution is 5.84. The zero-order valence-electron chi connectivity index (χ0n) is 16.7. The Morgan fingerprint density at radius 1 is 1.11 bits per heavy atom. The summed E-state index contributed by atoms with van der Waals surface area (Å²) < 4.78 is 0. The molecule has 152 valence electrons. The molecule has 6 nitrogen and oxygen atoms in total. The number of amides is 1. The molecule has 0 aliphatic carbocycles. The van der Waals surface area contributed by atoms with Crippen LogP contribution in [-0.2, 0) is 16.0 Å². The summed E-state index contributed by atoms with van der Waals surface area (Å²) in [6.07, 6.45) is 3.89. The van der Waals surface area contributed by atoms with Crippen LogP contribution in [0.5, 0.6) is 0 Å². The van der Waals surface area contributed by atoms with Crippen molar-refractivity contribution in [1.29, 1.82) is 0 Å². The number of hydrogen-bond donors (Lipinski definition) is 1. The maximum Gasteiger partial charge on any atom is 0.312 e. The van der Waals surface area contributed by atoms with Gasteiger partial charge in [0.05, 0.1) is 12.0 Å². The number of fused-ring (bicyclic) bond motifs is 2. The summed E-state index contributed by atoms with van der Waals surface area (Å²) in [5.41, 5.74) is 0.194. The van der Waals surface area contributed by atoms with Crippen LogP contribution in [0.15, 0.2) is 30.3 Å². The van der Waals surface area contributed by atoms with Gasteiger partial charge in [-0.25, -0.2) is 0 Å². The molecule has 2 bridgehead atoms. The van der Waals surface area contributed by atoms with Crippen LogP contribution in [0, 0.1) is 5.41 Å². The van der Waals surface area contributed by atoms with Crippen LogP contribution in [0.4, 0.5) is 0 Å². The Morgan fingerprint density at radius 2 is 1.89 bits per heavy atom. The highest BCUT2D eigenvalue weighted by Gasteiger charge is 2.61. The molecule has 1 amide bonds. The van der Waals surface area contributed by atoms with Crippen LogP contribution in [0.3, 0.4) is 0 Å². The van der Waals surface area contributed by atoms with E-state index in [0.717, 1.165) is 51.0 Å². The number of rotatable bonds is 5. The Hall–Kier alpha value is -1.92. The second-order valence-corrected chi connectivity index (χ2v) is 8.81. The van der Waals surface area contributed by atoms with E-state index >= 15 is 0 Å². The normalized spacial score (nSPS) is 31.1. The molecule has 0 saturated carbocycles. The number of benzene rings is 1. The summed E-state index contributed by atoms with van der Waals surface area (Å²) in [5.74, 6) is -0.633. The molecule has 3 heterocycles. The lowest BCUT2D eigenvalue weighted by atomic mass is 9.70. The van der Waals surface area contributed by atoms with Crippen LogP contribution < -0.4 is 0 Å². The van der Waals surface area contributed by atoms with Gasteiger partial charge in [-0.3, -0.25) is 14.5 Å². The molecule has 0 unspecified atom stereocenters. The van der Waals surface area contributed by atoms with E-state index in [-0.39, 0.29) is 18.0 Å². The molecule has 3 atom stereocenters. The van der Waals surface area contributed by atoms with Crippen molar-refractivity contribution in [2.45, 2.75) is 44.2 Å². The summed E-state index contributed by atoms with van der Waals surface area (Å²) in [6.45, 7) is 4.31. The number of hydrogen-bond acceptors (Lipinski definition) is 4. The fourth-order valence-corrected chi connectivity index (χ4v) is 5.55. The standard InChI is InChI=1S/C22H31N3O3/c1-23-10-5-11-24(13-12-23)16-20(26)25-18-8-9-19(25)22(15-18,21(27)28)14-17-6-3-2-4-7-17/h2-4,6-7,18-19H,5,8-16H2,1H3,(H,27,28)/t18-,19+,22+/m0/s1. The average molecular weight is 386 g/mol. The zero-order chi connectivity index (χ0) is 19.7. The zero-order valence-corrected chi connectivity index (χ0v) is 16.7. The van der Waals surface area contributed by atoms with Crippen molar-refractivity contribution >= 4 is 11.9 Å². The van der Waals surface area contributed by atoms with Gasteiger partial charge in [0, 0.05) is 25.2 Å². The second-order valence-electron chi connectivity index (χ2n) is 8.81. The Labute approximate surface area is 167 Å². The van der Waals surface area contributed by atoms with Gasteiger partial charge in [0.1, 0.15) is 0 Å². The van der Waals surface area contributed by atoms with Crippen molar-refractivity contribution in [3.8, 4) is 0 Å². The summed E-state index contributed by atoms with van der Waals surface area (Å²) in [7, 11) is 2.12. The molecule has 3 fully saturated rings. The lowest BCUT2D eigenvalue weighted by molar-refractivity contribution is -0.151. The first-order valence-electron chi connectivity index (χ1n) is 10.5. The van der Waals surface area contributed by atoms with E-state index in [0.29, 0.717) is 19.4 Å². The quantitative estimate of drug-likeness (QED) is 0.836. The third-order valence-electron chi connectivity index (χ3n) is 6.99. The smallest absolute Gasteiger partial charge is 0.312 e. The first-order valence-corrected chi connectivity index (χ1v) is 10.5. The molecule has 1 N–H and O–H groups in total. The van der Waals surface area contributed by atoms with Crippen LogP contribution in [0.1, 0.15) is 31.2 Å². The molecule has 1 aromatic rings. The average Bonchev–Trinajstić information content (AvgIpc) is 3.15. The van der Waals surface area contributed by atoms with Crippen molar-refractivity contribution in [2.75, 3.05) is 39.8 Å². The van der Waals surface area contributed by atoms with Gasteiger partial charge in [0.25, 0.3) is 0 Å². The van der Waals surface area contributed by atoms with E-state index in [2.05, 4.69) is 16.8 Å². The Morgan fingerprint density at radius 3 is 2.64 bits per heavy atom. The third kappa shape index (κ3) is 3.55. The van der Waals surface area contributed by atoms with Gasteiger partial charge < -0.3 is 14.9 Å². The third-order valence-corrected chi connectivity index (χ3v) is 6.99. The molecule has 28 heavy (non-hydrogen) atoms. The highest BCUT2D eigenvalue weighted by Crippen LogP contribution is 2.51. The lowest BCUT2D eigenvalue weighted by Crippen LogP contribution is -2.49. The van der Waals surface area contributed by atoms with Crippen LogP contribution >= 0.6 is 0 Å². The van der Waals surface area contributed by atoms with Gasteiger partial charge in [-0.05, 0) is 57.8 Å². The first-order chi connectivity index (χ1) is 13.5. The molecular formula is C22H31N3O3. The van der Waals surface area contributed by atoms with E-state index in [4.69, 9.17) is 0 Å². The maximum absolute atomic E-state index is 13.2. The lowest BCUT2D eigenvalue weighted by Gasteiger charge is -2.34. The van der Waals surface area contributed by atoms with Crippen LogP contribution in [0.2, 0.25) is 0 Å². The maximum atomic E-state index is 13.2. The molecule has 3 saturated heterocycles. The number of likely N-dealkylation sites (N-methyl/N-ethyl adjacent to an activating group) is 1. The minimum absolute atomic E-state index is 0.0759. The summed E-state index contributed by atoms with van der Waals surface area (Å²) in [4.78, 5) is 32.1. The van der Waals surface area contributed by atoms with Gasteiger partial charge in [-0.2, -0.15) is 0 Å². The van der Waals surface area contributed by atoms with E-state index in [1.165, 1.54) is 0 Å². The minimum atomic E-state index is -0.848. The Kier molecular flexibility index (Phi) is 5.43. The second kappa shape index (κ2) is 7.84. The molecule has 3 aliphatic heterocycles. The predicted octanol–water partition coefficient (Wildman–Crippen LogP) is 1.70. The molecule has 1 aromatic carbocycles. The summed E-state index contributed by atoms with van der Waals surface area (Å²) in [5, 5.41) is 10.2. The van der Waals surface area contributed by atoms with E-state index in [1.807, 2.05) is 35.2 Å². The molecule has 6 heteroatoms. The molecule has 4 rings (SSSR count). The number of carbonyl (C=O) groups is 2. The first kappa shape index (κ1) is 19.4. The van der Waals surface area contributed by atoms with E-state index in [9.17, 15) is 14.7 Å². The fourth-order valence-electron chi connectivity index (χ4n) is 5.55. The fraction of sp³-hybridized carbons (Fsp3) is 0.636. The van der Waals surface area contributed by atoms with E-state index in [1.54, 1.807) is 0 Å². The number of carbonyl (C=O) groups excluding carboxylic acids is 1. The molecule has 0 spiro atoms. The van der Waals surface area contributed by atoms with Crippen molar-refractivity contribution < 1.29 is 14.7 Å². The van der Waals surface area contributed by atoms with Crippen LogP contribution in [-0.4, -0.2) is 83.5 Å². The number of aliphatic carboxylic acids is 1. The molecule has 0 radical (unpaired) electrons. The van der Waals surface area contributed by atoms with Crippen molar-refractivity contribution in [3.63, 3.8) is 0 Å². The largest absolute Gasteiger partial charge is 0.481 e. The molecular weight excluding hydrogens is 354 g/mol. The van der Waals surface area contributed by atoms with Crippen molar-refractivity contribution in [1.82, 2.24) is 14.7 Å². The molecule has 3 aliphatic rings. The SMILES string of the molecule is CN1CCCN(CC(=O)N2[C@H]3CC[C@@H]2[C@](Cc2ccccc2)(C(=O)O)C3)CC1. The van der Waals surface area contributed by atoms with Gasteiger partial charge in [-0.1, -0.05) is 30.3 Å². The highest BCUT2D eigenvalue weighted by atomic mass is 16.4. The predicted molar refractivity (Wildman–Crippen MR) is 107 cm³/mol. The monoisotopic (exact) mass is 385 g/mol. The topological polar surface area (TPSA) is 64.1 Å². The number of nitrogens with zero attached hydrogens (tertiary/aromatic N) is 3. The number of carboxylic acid groups (broad SMARTS) is 1. The van der Waals surface area contributed by atoms with Crippen molar-refractivity contribution in [2.24, 2.45) is 5.41 Å². The Bertz CT molecular complexity index is 725. The van der Waals surface area contributed by atoms with E-state index < -0.39 is 11.4 Å². The Balaban J connectivity index is 1.50. The summed E-state index contributed by atoms with van der Waals surface area (Å²) >= 11 is 0. The van der Waals surface area contributed by atoms with Gasteiger partial charge >= 0.3 is 5.97 Å². The van der Waals surface area contributed by atoms with Gasteiger partial charge in [0.15, 0.2) is 0 Å². The van der Waals surface area contributed by atoms with Crippen molar-refractivity contribution in [3.05, 3.63) is 35.9 Å². The number of carboxylic acids is 1. The van der Waals surface area contributed by atoms with Gasteiger partial charge in [0.2, 0.25) is 5.91 Å².